The standard InChI is InChI=1S/C37H50O7/c1-34-9-24-7-27(16-34)37(28(8-24)17-34)43-29(18-41-32(39)35-10-20-2-21(11-35)4-22(3-20)12-35)30(44-37)19-42-33(40)36-13-23-5-25(14-36)31(38)26(6-23)15-36/h20-30H,2-19H2,1H3. The van der Waals surface area contributed by atoms with Crippen molar-refractivity contribution in [3.63, 3.8) is 0 Å². The van der Waals surface area contributed by atoms with Gasteiger partial charge in [-0.05, 0) is 138 Å². The summed E-state index contributed by atoms with van der Waals surface area (Å²) >= 11 is 0. The molecule has 7 heteroatoms. The molecule has 44 heavy (non-hydrogen) atoms. The van der Waals surface area contributed by atoms with Gasteiger partial charge in [0.1, 0.15) is 31.2 Å². The Hall–Kier alpha value is -1.47. The van der Waals surface area contributed by atoms with E-state index in [0.29, 0.717) is 59.5 Å². The molecule has 13 aliphatic rings. The molecule has 1 saturated heterocycles. The van der Waals surface area contributed by atoms with Crippen LogP contribution in [0.1, 0.15) is 110 Å². The quantitative estimate of drug-likeness (QED) is 0.342. The fourth-order valence-electron chi connectivity index (χ4n) is 14.6. The Kier molecular flexibility index (Phi) is 5.72. The van der Waals surface area contributed by atoms with Crippen LogP contribution in [0.25, 0.3) is 0 Å². The average molecular weight is 607 g/mol. The Bertz CT molecular complexity index is 1220. The lowest BCUT2D eigenvalue weighted by Crippen LogP contribution is -2.61. The molecule has 0 aromatic heterocycles. The van der Waals surface area contributed by atoms with Crippen LogP contribution in [0.15, 0.2) is 0 Å². The van der Waals surface area contributed by atoms with E-state index in [1.807, 2.05) is 0 Å². The highest BCUT2D eigenvalue weighted by atomic mass is 16.8. The Balaban J connectivity index is 0.876. The first-order chi connectivity index (χ1) is 21.1. The number of rotatable bonds is 6. The van der Waals surface area contributed by atoms with Crippen LogP contribution in [0.5, 0.6) is 0 Å². The van der Waals surface area contributed by atoms with Gasteiger partial charge in [0.15, 0.2) is 5.79 Å². The molecule has 7 nitrogen and oxygen atoms in total. The number of hydrogen-bond donors (Lipinski definition) is 0. The van der Waals surface area contributed by atoms with Crippen LogP contribution in [-0.4, -0.2) is 48.9 Å². The van der Waals surface area contributed by atoms with Crippen molar-refractivity contribution in [1.29, 1.82) is 0 Å². The minimum atomic E-state index is -0.654. The first-order valence-corrected chi connectivity index (χ1v) is 18.4. The summed E-state index contributed by atoms with van der Waals surface area (Å²) in [6.45, 7) is 2.76. The second-order valence-electron chi connectivity index (χ2n) is 18.6. The van der Waals surface area contributed by atoms with Gasteiger partial charge in [0.2, 0.25) is 0 Å². The van der Waals surface area contributed by atoms with Crippen molar-refractivity contribution in [3.05, 3.63) is 0 Å². The maximum atomic E-state index is 13.8. The summed E-state index contributed by atoms with van der Waals surface area (Å²) in [6.07, 6.45) is 15.9. The summed E-state index contributed by atoms with van der Waals surface area (Å²) < 4.78 is 26.5. The molecule has 13 rings (SSSR count). The van der Waals surface area contributed by atoms with Gasteiger partial charge in [-0.15, -0.1) is 0 Å². The van der Waals surface area contributed by atoms with Gasteiger partial charge in [0, 0.05) is 23.7 Å². The van der Waals surface area contributed by atoms with Gasteiger partial charge in [-0.2, -0.15) is 0 Å². The maximum Gasteiger partial charge on any atom is 0.312 e. The van der Waals surface area contributed by atoms with Crippen molar-refractivity contribution in [2.24, 2.45) is 69.5 Å². The number of Topliss-reactive ketones (excluding diaryl/α,β-unsaturated/α-hetero) is 1. The number of hydrogen-bond acceptors (Lipinski definition) is 7. The largest absolute Gasteiger partial charge is 0.462 e. The lowest BCUT2D eigenvalue weighted by Gasteiger charge is -2.62. The maximum absolute atomic E-state index is 13.8. The number of ketones is 1. The highest BCUT2D eigenvalue weighted by Gasteiger charge is 2.67. The van der Waals surface area contributed by atoms with Crippen LogP contribution in [0.4, 0.5) is 0 Å². The van der Waals surface area contributed by atoms with Gasteiger partial charge in [-0.1, -0.05) is 6.92 Å². The van der Waals surface area contributed by atoms with Crippen molar-refractivity contribution >= 4 is 17.7 Å². The van der Waals surface area contributed by atoms with Gasteiger partial charge >= 0.3 is 11.9 Å². The number of carbonyl (C=O) groups is 3. The van der Waals surface area contributed by atoms with Gasteiger partial charge in [0.05, 0.1) is 10.8 Å². The molecule has 1 heterocycles. The molecule has 240 valence electrons. The molecular weight excluding hydrogens is 556 g/mol. The van der Waals surface area contributed by atoms with Gasteiger partial charge in [-0.3, -0.25) is 14.4 Å². The molecule has 0 aromatic carbocycles. The number of esters is 2. The van der Waals surface area contributed by atoms with Crippen molar-refractivity contribution in [2.45, 2.75) is 128 Å². The lowest BCUT2D eigenvalue weighted by molar-refractivity contribution is -0.312. The highest BCUT2D eigenvalue weighted by Crippen LogP contribution is 2.67. The summed E-state index contributed by atoms with van der Waals surface area (Å²) in [4.78, 5) is 40.4. The van der Waals surface area contributed by atoms with E-state index in [1.54, 1.807) is 0 Å². The molecule has 12 saturated carbocycles. The zero-order valence-corrected chi connectivity index (χ0v) is 26.4. The zero-order chi connectivity index (χ0) is 29.6. The molecular formula is C37H50O7. The van der Waals surface area contributed by atoms with E-state index < -0.39 is 23.4 Å². The third kappa shape index (κ3) is 3.89. The van der Waals surface area contributed by atoms with E-state index in [0.717, 1.165) is 70.1 Å². The van der Waals surface area contributed by atoms with Gasteiger partial charge < -0.3 is 18.9 Å². The molecule has 6 unspecified atom stereocenters. The zero-order valence-electron chi connectivity index (χ0n) is 26.4. The number of ether oxygens (including phenoxy) is 4. The summed E-state index contributed by atoms with van der Waals surface area (Å²) in [7, 11) is 0. The fourth-order valence-corrected chi connectivity index (χ4v) is 14.6. The third-order valence-electron chi connectivity index (χ3n) is 15.4. The molecule has 12 aliphatic carbocycles. The third-order valence-corrected chi connectivity index (χ3v) is 15.4. The molecule has 6 atom stereocenters. The van der Waals surface area contributed by atoms with Crippen LogP contribution in [0.2, 0.25) is 0 Å². The van der Waals surface area contributed by atoms with E-state index in [2.05, 4.69) is 6.92 Å². The molecule has 1 aliphatic heterocycles. The van der Waals surface area contributed by atoms with Gasteiger partial charge in [0.25, 0.3) is 0 Å². The minimum absolute atomic E-state index is 0.0206. The van der Waals surface area contributed by atoms with Crippen LogP contribution < -0.4 is 0 Å². The molecule has 1 spiro atoms. The Morgan fingerprint density at radius 1 is 0.614 bits per heavy atom. The fraction of sp³-hybridized carbons (Fsp3) is 0.919. The van der Waals surface area contributed by atoms with Crippen LogP contribution in [0.3, 0.4) is 0 Å². The molecule has 0 aromatic rings. The smallest absolute Gasteiger partial charge is 0.312 e. The molecule has 13 fully saturated rings. The summed E-state index contributed by atoms with van der Waals surface area (Å²) in [5, 5.41) is 0. The molecule has 12 bridgehead atoms. The monoisotopic (exact) mass is 606 g/mol. The highest BCUT2D eigenvalue weighted by molar-refractivity contribution is 5.89. The summed E-state index contributed by atoms with van der Waals surface area (Å²) in [5.74, 6) is 3.60. The minimum Gasteiger partial charge on any atom is -0.462 e. The Morgan fingerprint density at radius 2 is 1.05 bits per heavy atom. The first kappa shape index (κ1) is 27.6. The van der Waals surface area contributed by atoms with E-state index in [-0.39, 0.29) is 42.4 Å². The molecule has 0 amide bonds. The van der Waals surface area contributed by atoms with Crippen molar-refractivity contribution < 1.29 is 33.3 Å². The van der Waals surface area contributed by atoms with Crippen LogP contribution in [-0.2, 0) is 33.3 Å². The summed E-state index contributed by atoms with van der Waals surface area (Å²) in [6, 6.07) is 0. The van der Waals surface area contributed by atoms with E-state index >= 15 is 0 Å². The Labute approximate surface area is 261 Å². The molecule has 0 radical (unpaired) electrons. The number of carbonyl (C=O) groups excluding carboxylic acids is 3. The Morgan fingerprint density at radius 3 is 1.52 bits per heavy atom. The van der Waals surface area contributed by atoms with Crippen molar-refractivity contribution in [1.82, 2.24) is 0 Å². The average Bonchev–Trinajstić information content (AvgIpc) is 3.33. The first-order valence-electron chi connectivity index (χ1n) is 18.4. The topological polar surface area (TPSA) is 88.1 Å². The molecule has 0 N–H and O–H groups in total. The normalized spacial score (nSPS) is 57.0. The predicted octanol–water partition coefficient (Wildman–Crippen LogP) is 6.01. The van der Waals surface area contributed by atoms with E-state index in [4.69, 9.17) is 18.9 Å². The predicted molar refractivity (Wildman–Crippen MR) is 158 cm³/mol. The lowest BCUT2D eigenvalue weighted by atomic mass is 9.48. The second kappa shape index (κ2) is 9.11. The van der Waals surface area contributed by atoms with Crippen molar-refractivity contribution in [3.8, 4) is 0 Å². The second-order valence-corrected chi connectivity index (χ2v) is 18.6. The van der Waals surface area contributed by atoms with E-state index in [9.17, 15) is 14.4 Å². The van der Waals surface area contributed by atoms with Crippen LogP contribution in [0, 0.1) is 69.5 Å². The SMILES string of the molecule is CC12CC3CC(C1)C1(OC(COC(=O)C45CC6CC(CC(C6)C4)C5)C(COC(=O)C45CC6CC(C4)C(=O)C(C6)C5)O1)C(C3)C2. The van der Waals surface area contributed by atoms with E-state index in [1.165, 1.54) is 25.7 Å². The van der Waals surface area contributed by atoms with Gasteiger partial charge in [-0.25, -0.2) is 0 Å². The van der Waals surface area contributed by atoms with Crippen LogP contribution >= 0.6 is 0 Å². The van der Waals surface area contributed by atoms with Crippen molar-refractivity contribution in [2.75, 3.05) is 13.2 Å². The summed E-state index contributed by atoms with van der Waals surface area (Å²) in [5.41, 5.74) is -0.449.